The molecule has 0 aliphatic carbocycles. The highest BCUT2D eigenvalue weighted by Crippen LogP contribution is 2.30. The predicted octanol–water partition coefficient (Wildman–Crippen LogP) is 3.47. The van der Waals surface area contributed by atoms with Crippen LogP contribution in [0.2, 0.25) is 0 Å². The molecule has 1 N–H and O–H groups in total. The van der Waals surface area contributed by atoms with Gasteiger partial charge < -0.3 is 14.5 Å². The van der Waals surface area contributed by atoms with Crippen molar-refractivity contribution in [2.45, 2.75) is 22.8 Å². The number of carbonyl (C=O) groups is 1. The van der Waals surface area contributed by atoms with Gasteiger partial charge in [0.05, 0.1) is 25.0 Å². The van der Waals surface area contributed by atoms with Gasteiger partial charge in [-0.1, -0.05) is 11.3 Å². The molecule has 9 heteroatoms. The van der Waals surface area contributed by atoms with Crippen LogP contribution in [0.1, 0.15) is 23.0 Å². The largest absolute Gasteiger partial charge is 0.467 e. The average molecular weight is 362 g/mol. The predicted molar refractivity (Wildman–Crippen MR) is 90.3 cm³/mol. The van der Waals surface area contributed by atoms with Gasteiger partial charge in [-0.05, 0) is 43.0 Å². The molecule has 0 atom stereocenters. The topological polar surface area (TPSA) is 90.1 Å². The standard InChI is InChI=1S/C15H14N4O3S2/c1-2-21-13(20)10-5-6-12(16-8-10)23-15-19-18-14(24-15)17-9-11-4-3-7-22-11/h3-8H,2,9H2,1H3,(H,17,18). The molecule has 0 bridgehead atoms. The fourth-order valence-corrected chi connectivity index (χ4v) is 3.40. The fraction of sp³-hybridized carbons (Fsp3) is 0.200. The Bertz CT molecular complexity index is 787. The van der Waals surface area contributed by atoms with Crippen LogP contribution in [-0.2, 0) is 11.3 Å². The van der Waals surface area contributed by atoms with Crippen LogP contribution in [0.3, 0.4) is 0 Å². The van der Waals surface area contributed by atoms with E-state index in [4.69, 9.17) is 9.15 Å². The Labute approximate surface area is 146 Å². The summed E-state index contributed by atoms with van der Waals surface area (Å²) in [5.74, 6) is 0.456. The molecule has 3 rings (SSSR count). The van der Waals surface area contributed by atoms with Gasteiger partial charge >= 0.3 is 5.97 Å². The lowest BCUT2D eigenvalue weighted by Gasteiger charge is -2.01. The van der Waals surface area contributed by atoms with Crippen molar-refractivity contribution >= 4 is 34.2 Å². The maximum absolute atomic E-state index is 11.6. The molecule has 0 fully saturated rings. The van der Waals surface area contributed by atoms with Gasteiger partial charge in [0.15, 0.2) is 4.34 Å². The lowest BCUT2D eigenvalue weighted by atomic mass is 10.3. The second kappa shape index (κ2) is 7.93. The average Bonchev–Trinajstić information content (AvgIpc) is 3.25. The highest BCUT2D eigenvalue weighted by molar-refractivity contribution is 8.01. The summed E-state index contributed by atoms with van der Waals surface area (Å²) in [4.78, 5) is 15.8. The van der Waals surface area contributed by atoms with E-state index in [2.05, 4.69) is 20.5 Å². The summed E-state index contributed by atoms with van der Waals surface area (Å²) in [7, 11) is 0. The van der Waals surface area contributed by atoms with Crippen molar-refractivity contribution in [1.29, 1.82) is 0 Å². The Morgan fingerprint density at radius 2 is 2.29 bits per heavy atom. The number of hydrogen-bond donors (Lipinski definition) is 1. The van der Waals surface area contributed by atoms with Crippen LogP contribution in [0.5, 0.6) is 0 Å². The van der Waals surface area contributed by atoms with Gasteiger partial charge in [0.25, 0.3) is 0 Å². The minimum absolute atomic E-state index is 0.341. The zero-order valence-electron chi connectivity index (χ0n) is 12.8. The molecule has 7 nitrogen and oxygen atoms in total. The van der Waals surface area contributed by atoms with Crippen LogP contribution in [-0.4, -0.2) is 27.8 Å². The molecule has 3 aromatic rings. The third-order valence-corrected chi connectivity index (χ3v) is 4.72. The number of pyridine rings is 1. The van der Waals surface area contributed by atoms with E-state index in [0.29, 0.717) is 23.8 Å². The van der Waals surface area contributed by atoms with Gasteiger partial charge in [0.2, 0.25) is 5.13 Å². The zero-order chi connectivity index (χ0) is 16.8. The van der Waals surface area contributed by atoms with E-state index in [-0.39, 0.29) is 5.97 Å². The molecule has 0 aliphatic heterocycles. The number of furan rings is 1. The van der Waals surface area contributed by atoms with Crippen LogP contribution >= 0.6 is 23.1 Å². The van der Waals surface area contributed by atoms with Crippen molar-refractivity contribution in [2.24, 2.45) is 0 Å². The monoisotopic (exact) mass is 362 g/mol. The summed E-state index contributed by atoms with van der Waals surface area (Å²) in [6.07, 6.45) is 3.13. The molecule has 0 aliphatic rings. The van der Waals surface area contributed by atoms with Crippen molar-refractivity contribution in [3.8, 4) is 0 Å². The van der Waals surface area contributed by atoms with Gasteiger partial charge in [0, 0.05) is 6.20 Å². The van der Waals surface area contributed by atoms with Crippen molar-refractivity contribution in [3.63, 3.8) is 0 Å². The summed E-state index contributed by atoms with van der Waals surface area (Å²) in [6, 6.07) is 7.17. The number of anilines is 1. The molecule has 0 radical (unpaired) electrons. The molecule has 3 heterocycles. The molecule has 3 aromatic heterocycles. The summed E-state index contributed by atoms with van der Waals surface area (Å²) < 4.78 is 10.9. The summed E-state index contributed by atoms with van der Waals surface area (Å²) in [6.45, 7) is 2.66. The maximum Gasteiger partial charge on any atom is 0.339 e. The van der Waals surface area contributed by atoms with Crippen molar-refractivity contribution < 1.29 is 13.9 Å². The maximum atomic E-state index is 11.6. The molecule has 0 amide bonds. The Kier molecular flexibility index (Phi) is 5.44. The van der Waals surface area contributed by atoms with E-state index in [1.807, 2.05) is 12.1 Å². The smallest absolute Gasteiger partial charge is 0.339 e. The van der Waals surface area contributed by atoms with Gasteiger partial charge in [-0.3, -0.25) is 0 Å². The minimum Gasteiger partial charge on any atom is -0.467 e. The van der Waals surface area contributed by atoms with Gasteiger partial charge in [-0.25, -0.2) is 9.78 Å². The second-order valence-electron chi connectivity index (χ2n) is 4.51. The molecular formula is C15H14N4O3S2. The lowest BCUT2D eigenvalue weighted by Crippen LogP contribution is -2.04. The number of nitrogens with zero attached hydrogens (tertiary/aromatic N) is 3. The highest BCUT2D eigenvalue weighted by Gasteiger charge is 2.10. The number of ether oxygens (including phenoxy) is 1. The van der Waals surface area contributed by atoms with Crippen LogP contribution in [0, 0.1) is 0 Å². The number of esters is 1. The van der Waals surface area contributed by atoms with E-state index in [0.717, 1.165) is 15.1 Å². The Morgan fingerprint density at radius 3 is 3.00 bits per heavy atom. The Balaban J connectivity index is 1.57. The van der Waals surface area contributed by atoms with E-state index >= 15 is 0 Å². The molecule has 124 valence electrons. The first-order valence-corrected chi connectivity index (χ1v) is 8.78. The molecule has 0 saturated carbocycles. The van der Waals surface area contributed by atoms with E-state index in [1.54, 1.807) is 25.3 Å². The van der Waals surface area contributed by atoms with E-state index in [1.165, 1.54) is 29.3 Å². The number of rotatable bonds is 7. The zero-order valence-corrected chi connectivity index (χ0v) is 14.4. The van der Waals surface area contributed by atoms with E-state index < -0.39 is 0 Å². The lowest BCUT2D eigenvalue weighted by molar-refractivity contribution is 0.0525. The highest BCUT2D eigenvalue weighted by atomic mass is 32.2. The SMILES string of the molecule is CCOC(=O)c1ccc(Sc2nnc(NCc3ccco3)s2)nc1. The fourth-order valence-electron chi connectivity index (χ4n) is 1.76. The van der Waals surface area contributed by atoms with Gasteiger partial charge in [-0.15, -0.1) is 10.2 Å². The van der Waals surface area contributed by atoms with Gasteiger partial charge in [-0.2, -0.15) is 0 Å². The van der Waals surface area contributed by atoms with Crippen LogP contribution < -0.4 is 5.32 Å². The van der Waals surface area contributed by atoms with Crippen molar-refractivity contribution in [3.05, 3.63) is 48.0 Å². The van der Waals surface area contributed by atoms with Crippen molar-refractivity contribution in [1.82, 2.24) is 15.2 Å². The first kappa shape index (κ1) is 16.5. The molecule has 24 heavy (non-hydrogen) atoms. The minimum atomic E-state index is -0.373. The van der Waals surface area contributed by atoms with Crippen LogP contribution in [0.4, 0.5) is 5.13 Å². The first-order valence-electron chi connectivity index (χ1n) is 7.15. The molecule has 0 unspecified atom stereocenters. The third kappa shape index (κ3) is 4.33. The van der Waals surface area contributed by atoms with Crippen LogP contribution in [0.15, 0.2) is 50.5 Å². The molecule has 0 saturated heterocycles. The van der Waals surface area contributed by atoms with E-state index in [9.17, 15) is 4.79 Å². The quantitative estimate of drug-likeness (QED) is 0.639. The summed E-state index contributed by atoms with van der Waals surface area (Å²) in [5.41, 5.74) is 0.430. The molecule has 0 aromatic carbocycles. The van der Waals surface area contributed by atoms with Crippen molar-refractivity contribution in [2.75, 3.05) is 11.9 Å². The van der Waals surface area contributed by atoms with Gasteiger partial charge in [0.1, 0.15) is 10.8 Å². The summed E-state index contributed by atoms with van der Waals surface area (Å²) >= 11 is 2.81. The molecule has 0 spiro atoms. The third-order valence-electron chi connectivity index (χ3n) is 2.84. The van der Waals surface area contributed by atoms with Crippen LogP contribution in [0.25, 0.3) is 0 Å². The Hall–Kier alpha value is -2.39. The number of carbonyl (C=O) groups excluding carboxylic acids is 1. The number of hydrogen-bond acceptors (Lipinski definition) is 9. The number of aromatic nitrogens is 3. The number of nitrogens with one attached hydrogen (secondary N) is 1. The first-order chi connectivity index (χ1) is 11.7. The normalized spacial score (nSPS) is 10.5. The Morgan fingerprint density at radius 1 is 1.38 bits per heavy atom. The second-order valence-corrected chi connectivity index (χ2v) is 6.76. The summed E-state index contributed by atoms with van der Waals surface area (Å²) in [5, 5.41) is 12.8. The molecular weight excluding hydrogens is 348 g/mol.